The van der Waals surface area contributed by atoms with Gasteiger partial charge in [-0.15, -0.1) is 11.3 Å². The maximum atomic E-state index is 6.19. The van der Waals surface area contributed by atoms with Gasteiger partial charge < -0.3 is 10.1 Å². The van der Waals surface area contributed by atoms with Gasteiger partial charge in [-0.3, -0.25) is 0 Å². The molecule has 1 aromatic heterocycles. The number of rotatable bonds is 3. The van der Waals surface area contributed by atoms with E-state index in [2.05, 4.69) is 17.2 Å². The third kappa shape index (κ3) is 2.76. The summed E-state index contributed by atoms with van der Waals surface area (Å²) in [7, 11) is 0. The van der Waals surface area contributed by atoms with E-state index in [9.17, 15) is 0 Å². The van der Waals surface area contributed by atoms with Crippen LogP contribution in [0.2, 0.25) is 5.02 Å². The molecule has 3 nitrogen and oxygen atoms in total. The second kappa shape index (κ2) is 5.49. The fourth-order valence-corrected chi connectivity index (χ4v) is 3.22. The Kier molecular flexibility index (Phi) is 3.73. The van der Waals surface area contributed by atoms with Crippen molar-refractivity contribution in [2.24, 2.45) is 0 Å². The van der Waals surface area contributed by atoms with Gasteiger partial charge in [-0.25, -0.2) is 4.98 Å². The van der Waals surface area contributed by atoms with E-state index in [0.29, 0.717) is 6.04 Å². The Balaban J connectivity index is 1.78. The molecule has 3 rings (SSSR count). The van der Waals surface area contributed by atoms with Gasteiger partial charge in [0.1, 0.15) is 0 Å². The van der Waals surface area contributed by atoms with Gasteiger partial charge >= 0.3 is 0 Å². The number of aromatic nitrogens is 1. The molecule has 1 aromatic carbocycles. The second-order valence-corrected chi connectivity index (χ2v) is 5.90. The fourth-order valence-electron chi connectivity index (χ4n) is 2.21. The minimum absolute atomic E-state index is 0.243. The maximum Gasteiger partial charge on any atom is 0.183 e. The van der Waals surface area contributed by atoms with Crippen LogP contribution >= 0.6 is 22.9 Å². The summed E-state index contributed by atoms with van der Waals surface area (Å²) in [5.74, 6) is 0. The summed E-state index contributed by atoms with van der Waals surface area (Å²) in [6, 6.07) is 8.12. The van der Waals surface area contributed by atoms with Crippen LogP contribution < -0.4 is 5.32 Å². The average Bonchev–Trinajstić information content (AvgIpc) is 3.01. The van der Waals surface area contributed by atoms with Gasteiger partial charge in [0.25, 0.3) is 0 Å². The summed E-state index contributed by atoms with van der Waals surface area (Å²) >= 11 is 7.79. The van der Waals surface area contributed by atoms with E-state index in [-0.39, 0.29) is 6.10 Å². The lowest BCUT2D eigenvalue weighted by Gasteiger charge is -2.14. The van der Waals surface area contributed by atoms with Crippen molar-refractivity contribution >= 4 is 28.1 Å². The topological polar surface area (TPSA) is 34.1 Å². The molecule has 0 bridgehead atoms. The van der Waals surface area contributed by atoms with Gasteiger partial charge in [0.05, 0.1) is 17.8 Å². The van der Waals surface area contributed by atoms with Crippen molar-refractivity contribution < 1.29 is 4.74 Å². The van der Waals surface area contributed by atoms with Crippen LogP contribution in [0.15, 0.2) is 29.6 Å². The number of halogens is 1. The largest absolute Gasteiger partial charge is 0.376 e. The van der Waals surface area contributed by atoms with Crippen molar-refractivity contribution in [3.05, 3.63) is 34.7 Å². The van der Waals surface area contributed by atoms with Crippen molar-refractivity contribution in [3.8, 4) is 11.3 Å². The molecular formula is C14H15ClN2OS. The van der Waals surface area contributed by atoms with Crippen molar-refractivity contribution in [1.29, 1.82) is 0 Å². The van der Waals surface area contributed by atoms with Crippen LogP contribution in [0.4, 0.5) is 5.13 Å². The van der Waals surface area contributed by atoms with Crippen molar-refractivity contribution in [2.45, 2.75) is 25.5 Å². The van der Waals surface area contributed by atoms with Crippen LogP contribution in [-0.4, -0.2) is 23.7 Å². The number of thiazole rings is 1. The molecule has 2 heterocycles. The second-order valence-electron chi connectivity index (χ2n) is 4.63. The first kappa shape index (κ1) is 12.9. The highest BCUT2D eigenvalue weighted by atomic mass is 35.5. The van der Waals surface area contributed by atoms with E-state index in [1.165, 1.54) is 0 Å². The minimum atomic E-state index is 0.243. The van der Waals surface area contributed by atoms with E-state index < -0.39 is 0 Å². The highest BCUT2D eigenvalue weighted by molar-refractivity contribution is 7.14. The number of ether oxygens (including phenoxy) is 1. The van der Waals surface area contributed by atoms with Crippen LogP contribution in [0.1, 0.15) is 13.3 Å². The zero-order chi connectivity index (χ0) is 13.2. The Hall–Kier alpha value is -1.10. The number of nitrogens with one attached hydrogen (secondary N) is 1. The number of benzene rings is 1. The SMILES string of the molecule is CC1OCCC1Nc1nc(-c2ccccc2Cl)cs1. The number of hydrogen-bond acceptors (Lipinski definition) is 4. The molecule has 2 atom stereocenters. The summed E-state index contributed by atoms with van der Waals surface area (Å²) in [6.45, 7) is 2.91. The van der Waals surface area contributed by atoms with Gasteiger partial charge in [-0.05, 0) is 19.4 Å². The van der Waals surface area contributed by atoms with Crippen LogP contribution in [-0.2, 0) is 4.74 Å². The van der Waals surface area contributed by atoms with E-state index in [1.807, 2.05) is 29.6 Å². The molecule has 2 unspecified atom stereocenters. The fraction of sp³-hybridized carbons (Fsp3) is 0.357. The Labute approximate surface area is 121 Å². The molecule has 1 aliphatic heterocycles. The van der Waals surface area contributed by atoms with Crippen LogP contribution in [0, 0.1) is 0 Å². The lowest BCUT2D eigenvalue weighted by atomic mass is 10.2. The van der Waals surface area contributed by atoms with Crippen molar-refractivity contribution in [3.63, 3.8) is 0 Å². The van der Waals surface area contributed by atoms with E-state index >= 15 is 0 Å². The third-order valence-electron chi connectivity index (χ3n) is 3.34. The van der Waals surface area contributed by atoms with E-state index in [4.69, 9.17) is 16.3 Å². The Morgan fingerprint density at radius 3 is 3.00 bits per heavy atom. The lowest BCUT2D eigenvalue weighted by Crippen LogP contribution is -2.26. The summed E-state index contributed by atoms with van der Waals surface area (Å²) in [5, 5.41) is 7.13. The van der Waals surface area contributed by atoms with Gasteiger partial charge in [0.2, 0.25) is 0 Å². The molecule has 5 heteroatoms. The molecule has 0 spiro atoms. The highest BCUT2D eigenvalue weighted by Crippen LogP contribution is 2.31. The van der Waals surface area contributed by atoms with Crippen LogP contribution in [0.25, 0.3) is 11.3 Å². The first-order valence-electron chi connectivity index (χ1n) is 6.32. The summed E-state index contributed by atoms with van der Waals surface area (Å²) in [4.78, 5) is 4.61. The quantitative estimate of drug-likeness (QED) is 0.927. The minimum Gasteiger partial charge on any atom is -0.376 e. The molecule has 0 saturated carbocycles. The van der Waals surface area contributed by atoms with Crippen LogP contribution in [0.5, 0.6) is 0 Å². The maximum absolute atomic E-state index is 6.19. The first-order chi connectivity index (χ1) is 9.24. The predicted octanol–water partition coefficient (Wildman–Crippen LogP) is 4.05. The molecule has 19 heavy (non-hydrogen) atoms. The molecule has 1 N–H and O–H groups in total. The molecule has 1 aliphatic rings. The number of anilines is 1. The van der Waals surface area contributed by atoms with Gasteiger partial charge in [0.15, 0.2) is 5.13 Å². The zero-order valence-electron chi connectivity index (χ0n) is 10.6. The van der Waals surface area contributed by atoms with Gasteiger partial charge in [0, 0.05) is 22.6 Å². The lowest BCUT2D eigenvalue weighted by molar-refractivity contribution is 0.121. The summed E-state index contributed by atoms with van der Waals surface area (Å²) in [5.41, 5.74) is 1.90. The van der Waals surface area contributed by atoms with E-state index in [0.717, 1.165) is 34.4 Å². The van der Waals surface area contributed by atoms with Crippen LogP contribution in [0.3, 0.4) is 0 Å². The molecule has 1 saturated heterocycles. The Morgan fingerprint density at radius 2 is 2.26 bits per heavy atom. The first-order valence-corrected chi connectivity index (χ1v) is 7.58. The van der Waals surface area contributed by atoms with Crippen molar-refractivity contribution in [1.82, 2.24) is 4.98 Å². The zero-order valence-corrected chi connectivity index (χ0v) is 12.2. The van der Waals surface area contributed by atoms with Gasteiger partial charge in [-0.2, -0.15) is 0 Å². The molecule has 1 fully saturated rings. The summed E-state index contributed by atoms with van der Waals surface area (Å²) < 4.78 is 5.54. The molecule has 0 radical (unpaired) electrons. The molecular weight excluding hydrogens is 280 g/mol. The van der Waals surface area contributed by atoms with Gasteiger partial charge in [-0.1, -0.05) is 29.8 Å². The smallest absolute Gasteiger partial charge is 0.183 e. The predicted molar refractivity (Wildman–Crippen MR) is 80.0 cm³/mol. The molecule has 100 valence electrons. The summed E-state index contributed by atoms with van der Waals surface area (Å²) in [6.07, 6.45) is 1.27. The highest BCUT2D eigenvalue weighted by Gasteiger charge is 2.24. The standard InChI is InChI=1S/C14H15ClN2OS/c1-9-12(6-7-18-9)16-14-17-13(8-19-14)10-4-2-3-5-11(10)15/h2-5,8-9,12H,6-7H2,1H3,(H,16,17). The monoisotopic (exact) mass is 294 g/mol. The number of nitrogens with zero attached hydrogens (tertiary/aromatic N) is 1. The molecule has 0 amide bonds. The third-order valence-corrected chi connectivity index (χ3v) is 4.44. The Bertz CT molecular complexity index is 572. The Morgan fingerprint density at radius 1 is 1.42 bits per heavy atom. The molecule has 0 aliphatic carbocycles. The van der Waals surface area contributed by atoms with E-state index in [1.54, 1.807) is 11.3 Å². The molecule has 2 aromatic rings. The normalized spacial score (nSPS) is 22.6. The van der Waals surface area contributed by atoms with Crippen molar-refractivity contribution in [2.75, 3.05) is 11.9 Å². The average molecular weight is 295 g/mol. The number of hydrogen-bond donors (Lipinski definition) is 1.